The van der Waals surface area contributed by atoms with Crippen molar-refractivity contribution in [2.75, 3.05) is 47.6 Å². The SMILES string of the molecule is CO[C@@H](C)CCCCC(=O)N[C@@H](CCCCN(C)C)C(=O)NCCCCOP(C)(=O)O. The molecule has 184 valence electrons. The van der Waals surface area contributed by atoms with Crippen LogP contribution in [0.5, 0.6) is 0 Å². The van der Waals surface area contributed by atoms with E-state index in [9.17, 15) is 14.2 Å². The molecule has 0 aliphatic heterocycles. The molecule has 0 fully saturated rings. The quantitative estimate of drug-likeness (QED) is 0.198. The summed E-state index contributed by atoms with van der Waals surface area (Å²) in [5.41, 5.74) is 0. The van der Waals surface area contributed by atoms with Crippen molar-refractivity contribution in [2.24, 2.45) is 0 Å². The number of rotatable bonds is 19. The van der Waals surface area contributed by atoms with Crippen LogP contribution in [0, 0.1) is 0 Å². The van der Waals surface area contributed by atoms with Gasteiger partial charge in [0.1, 0.15) is 6.04 Å². The zero-order valence-corrected chi connectivity index (χ0v) is 20.9. The molecule has 0 rings (SSSR count). The Labute approximate surface area is 188 Å². The number of nitrogens with zero attached hydrogens (tertiary/aromatic N) is 1. The zero-order valence-electron chi connectivity index (χ0n) is 20.0. The van der Waals surface area contributed by atoms with Crippen LogP contribution in [0.4, 0.5) is 0 Å². The predicted molar refractivity (Wildman–Crippen MR) is 123 cm³/mol. The number of hydrogen-bond donors (Lipinski definition) is 3. The fourth-order valence-electron chi connectivity index (χ4n) is 2.94. The highest BCUT2D eigenvalue weighted by Gasteiger charge is 2.20. The van der Waals surface area contributed by atoms with Gasteiger partial charge in [0, 0.05) is 26.7 Å². The molecule has 0 spiro atoms. The van der Waals surface area contributed by atoms with Gasteiger partial charge in [-0.1, -0.05) is 6.42 Å². The van der Waals surface area contributed by atoms with E-state index in [1.807, 2.05) is 21.0 Å². The summed E-state index contributed by atoms with van der Waals surface area (Å²) in [6.07, 6.45) is 6.75. The lowest BCUT2D eigenvalue weighted by Gasteiger charge is -2.19. The third-order valence-electron chi connectivity index (χ3n) is 4.87. The maximum Gasteiger partial charge on any atom is 0.325 e. The lowest BCUT2D eigenvalue weighted by Crippen LogP contribution is -2.47. The Morgan fingerprint density at radius 2 is 1.74 bits per heavy atom. The number of nitrogens with one attached hydrogen (secondary N) is 2. The number of amides is 2. The van der Waals surface area contributed by atoms with Crippen molar-refractivity contribution in [1.29, 1.82) is 0 Å². The highest BCUT2D eigenvalue weighted by Crippen LogP contribution is 2.36. The van der Waals surface area contributed by atoms with Crippen molar-refractivity contribution < 1.29 is 28.3 Å². The van der Waals surface area contributed by atoms with Gasteiger partial charge in [0.2, 0.25) is 11.8 Å². The molecular formula is C21H44N3O6P. The lowest BCUT2D eigenvalue weighted by atomic mass is 10.1. The highest BCUT2D eigenvalue weighted by molar-refractivity contribution is 7.51. The first-order valence-corrected chi connectivity index (χ1v) is 13.3. The van der Waals surface area contributed by atoms with Crippen LogP contribution in [0.25, 0.3) is 0 Å². The lowest BCUT2D eigenvalue weighted by molar-refractivity contribution is -0.129. The normalized spacial score (nSPS) is 15.3. The van der Waals surface area contributed by atoms with Crippen molar-refractivity contribution in [3.63, 3.8) is 0 Å². The number of methoxy groups -OCH3 is 1. The van der Waals surface area contributed by atoms with Crippen molar-refractivity contribution in [3.8, 4) is 0 Å². The minimum absolute atomic E-state index is 0.104. The molecule has 0 aromatic heterocycles. The van der Waals surface area contributed by atoms with Gasteiger partial charge in [-0.3, -0.25) is 14.2 Å². The van der Waals surface area contributed by atoms with E-state index in [1.165, 1.54) is 0 Å². The second-order valence-corrected chi connectivity index (χ2v) is 10.2. The number of carbonyl (C=O) groups is 2. The summed E-state index contributed by atoms with van der Waals surface area (Å²) in [4.78, 5) is 36.1. The first-order valence-electron chi connectivity index (χ1n) is 11.2. The van der Waals surface area contributed by atoms with Crippen LogP contribution in [-0.4, -0.2) is 81.3 Å². The van der Waals surface area contributed by atoms with Gasteiger partial charge in [-0.15, -0.1) is 0 Å². The van der Waals surface area contributed by atoms with Gasteiger partial charge in [-0.25, -0.2) is 0 Å². The second kappa shape index (κ2) is 17.6. The Balaban J connectivity index is 4.37. The molecule has 0 aliphatic rings. The number of ether oxygens (including phenoxy) is 1. The smallest absolute Gasteiger partial charge is 0.325 e. The Hall–Kier alpha value is -0.990. The van der Waals surface area contributed by atoms with E-state index < -0.39 is 13.6 Å². The molecule has 0 aromatic rings. The summed E-state index contributed by atoms with van der Waals surface area (Å²) < 4.78 is 21.1. The third kappa shape index (κ3) is 19.4. The highest BCUT2D eigenvalue weighted by atomic mass is 31.2. The van der Waals surface area contributed by atoms with Crippen LogP contribution in [0.1, 0.15) is 64.7 Å². The summed E-state index contributed by atoms with van der Waals surface area (Å²) in [6, 6.07) is -0.544. The minimum Gasteiger partial charge on any atom is -0.382 e. The van der Waals surface area contributed by atoms with Crippen molar-refractivity contribution in [3.05, 3.63) is 0 Å². The van der Waals surface area contributed by atoms with Gasteiger partial charge in [-0.05, 0) is 72.5 Å². The van der Waals surface area contributed by atoms with Crippen LogP contribution in [0.2, 0.25) is 0 Å². The topological polar surface area (TPSA) is 117 Å². The molecule has 0 aliphatic carbocycles. The molecule has 2 amide bonds. The molecular weight excluding hydrogens is 421 g/mol. The van der Waals surface area contributed by atoms with Crippen LogP contribution < -0.4 is 10.6 Å². The fourth-order valence-corrected chi connectivity index (χ4v) is 3.41. The summed E-state index contributed by atoms with van der Waals surface area (Å²) in [5, 5.41) is 5.75. The molecule has 0 saturated heterocycles. The van der Waals surface area contributed by atoms with E-state index in [0.29, 0.717) is 32.2 Å². The minimum atomic E-state index is -3.45. The molecule has 9 nitrogen and oxygen atoms in total. The van der Waals surface area contributed by atoms with E-state index in [-0.39, 0.29) is 24.5 Å². The molecule has 0 heterocycles. The van der Waals surface area contributed by atoms with Crippen LogP contribution in [0.15, 0.2) is 0 Å². The van der Waals surface area contributed by atoms with Crippen LogP contribution in [-0.2, 0) is 23.4 Å². The zero-order chi connectivity index (χ0) is 23.7. The molecule has 31 heavy (non-hydrogen) atoms. The number of hydrogen-bond acceptors (Lipinski definition) is 6. The fraction of sp³-hybridized carbons (Fsp3) is 0.905. The summed E-state index contributed by atoms with van der Waals surface area (Å²) in [5.74, 6) is -0.289. The molecule has 0 aromatic carbocycles. The summed E-state index contributed by atoms with van der Waals surface area (Å²) in [7, 11) is 2.24. The average molecular weight is 466 g/mol. The molecule has 0 radical (unpaired) electrons. The third-order valence-corrected chi connectivity index (χ3v) is 5.53. The summed E-state index contributed by atoms with van der Waals surface area (Å²) >= 11 is 0. The van der Waals surface area contributed by atoms with E-state index in [2.05, 4.69) is 15.5 Å². The van der Waals surface area contributed by atoms with E-state index in [1.54, 1.807) is 7.11 Å². The molecule has 1 unspecified atom stereocenters. The van der Waals surface area contributed by atoms with Gasteiger partial charge in [0.05, 0.1) is 12.7 Å². The van der Waals surface area contributed by atoms with E-state index >= 15 is 0 Å². The summed E-state index contributed by atoms with van der Waals surface area (Å²) in [6.45, 7) is 4.70. The maximum absolute atomic E-state index is 12.6. The van der Waals surface area contributed by atoms with E-state index in [4.69, 9.17) is 14.2 Å². The van der Waals surface area contributed by atoms with Gasteiger partial charge in [0.25, 0.3) is 0 Å². The van der Waals surface area contributed by atoms with Crippen molar-refractivity contribution >= 4 is 19.4 Å². The maximum atomic E-state index is 12.6. The molecule has 0 bridgehead atoms. The average Bonchev–Trinajstić information content (AvgIpc) is 2.68. The Morgan fingerprint density at radius 1 is 1.06 bits per heavy atom. The first-order chi connectivity index (χ1) is 14.5. The predicted octanol–water partition coefficient (Wildman–Crippen LogP) is 2.53. The first kappa shape index (κ1) is 30.0. The van der Waals surface area contributed by atoms with Crippen LogP contribution in [0.3, 0.4) is 0 Å². The van der Waals surface area contributed by atoms with E-state index in [0.717, 1.165) is 45.3 Å². The molecule has 10 heteroatoms. The number of carbonyl (C=O) groups excluding carboxylic acids is 2. The van der Waals surface area contributed by atoms with Gasteiger partial charge < -0.3 is 29.7 Å². The van der Waals surface area contributed by atoms with Crippen molar-refractivity contribution in [1.82, 2.24) is 15.5 Å². The molecule has 3 N–H and O–H groups in total. The molecule has 0 saturated carbocycles. The monoisotopic (exact) mass is 465 g/mol. The van der Waals surface area contributed by atoms with Crippen LogP contribution >= 0.6 is 7.60 Å². The second-order valence-electron chi connectivity index (χ2n) is 8.35. The van der Waals surface area contributed by atoms with Crippen molar-refractivity contribution in [2.45, 2.75) is 76.9 Å². The largest absolute Gasteiger partial charge is 0.382 e. The van der Waals surface area contributed by atoms with Gasteiger partial charge >= 0.3 is 7.60 Å². The number of unbranched alkanes of at least 4 members (excludes halogenated alkanes) is 3. The standard InChI is InChI=1S/C21H44N3O6P/c1-18(29-4)12-6-7-14-20(25)23-19(13-8-10-16-24(2)3)21(26)22-15-9-11-17-30-31(5,27)28/h18-19H,6-17H2,1-5H3,(H,22,26)(H,23,25)(H,27,28)/t18-,19-/m0/s1. The Morgan fingerprint density at radius 3 is 2.35 bits per heavy atom. The van der Waals surface area contributed by atoms with Gasteiger partial charge in [0.15, 0.2) is 0 Å². The van der Waals surface area contributed by atoms with Gasteiger partial charge in [-0.2, -0.15) is 0 Å². The Bertz CT molecular complexity index is 541. The Kier molecular flexibility index (Phi) is 17.0. The molecule has 3 atom stereocenters.